The van der Waals surface area contributed by atoms with Crippen LogP contribution in [0.15, 0.2) is 71.6 Å². The molecule has 168 valence electrons. The maximum Gasteiger partial charge on any atom is 0.265 e. The lowest BCUT2D eigenvalue weighted by atomic mass is 10.1. The van der Waals surface area contributed by atoms with E-state index < -0.39 is 16.1 Å². The average molecular weight is 473 g/mol. The first-order valence-corrected chi connectivity index (χ1v) is 12.0. The number of rotatable bonds is 8. The Kier molecular flexibility index (Phi) is 7.43. The molecule has 0 unspecified atom stereocenters. The van der Waals surface area contributed by atoms with E-state index in [1.807, 2.05) is 32.9 Å². The average Bonchev–Trinajstić information content (AvgIpc) is 2.76. The Bertz CT molecular complexity index is 1190. The summed E-state index contributed by atoms with van der Waals surface area (Å²) in [6, 6.07) is 18.3. The van der Waals surface area contributed by atoms with Crippen LogP contribution in [0.1, 0.15) is 24.5 Å². The summed E-state index contributed by atoms with van der Waals surface area (Å²) in [5.74, 6) is 0.210. The van der Waals surface area contributed by atoms with E-state index in [1.54, 1.807) is 42.5 Å². The standard InChI is InChI=1S/C24H25ClN2O4S/c1-4-23(31-20-11-7-18(25)8-12-20)24(28)26-19-9-13-21(14-10-19)32(29,30)27-22-15-16(2)5-6-17(22)3/h5-15,23,27H,4H2,1-3H3,(H,26,28)/t23-/m1/s1. The van der Waals surface area contributed by atoms with Crippen molar-refractivity contribution in [3.05, 3.63) is 82.9 Å². The Morgan fingerprint density at radius 3 is 2.28 bits per heavy atom. The molecule has 3 rings (SSSR count). The number of hydrogen-bond acceptors (Lipinski definition) is 4. The maximum absolute atomic E-state index is 12.8. The number of ether oxygens (including phenoxy) is 1. The second-order valence-corrected chi connectivity index (χ2v) is 9.53. The Balaban J connectivity index is 1.68. The lowest BCUT2D eigenvalue weighted by molar-refractivity contribution is -0.122. The minimum absolute atomic E-state index is 0.0980. The highest BCUT2D eigenvalue weighted by molar-refractivity contribution is 7.92. The van der Waals surface area contributed by atoms with Gasteiger partial charge in [-0.15, -0.1) is 0 Å². The summed E-state index contributed by atoms with van der Waals surface area (Å²) in [5, 5.41) is 3.34. The molecule has 0 bridgehead atoms. The lowest BCUT2D eigenvalue weighted by Gasteiger charge is -2.17. The Labute approximate surface area is 193 Å². The zero-order valence-corrected chi connectivity index (χ0v) is 19.6. The number of anilines is 2. The van der Waals surface area contributed by atoms with Crippen molar-refractivity contribution in [1.29, 1.82) is 0 Å². The maximum atomic E-state index is 12.8. The van der Waals surface area contributed by atoms with Crippen molar-refractivity contribution in [3.8, 4) is 5.75 Å². The van der Waals surface area contributed by atoms with E-state index in [4.69, 9.17) is 16.3 Å². The zero-order valence-electron chi connectivity index (χ0n) is 18.1. The number of carbonyl (C=O) groups excluding carboxylic acids is 1. The van der Waals surface area contributed by atoms with Gasteiger partial charge in [0.25, 0.3) is 15.9 Å². The smallest absolute Gasteiger partial charge is 0.265 e. The number of nitrogens with one attached hydrogen (secondary N) is 2. The fourth-order valence-electron chi connectivity index (χ4n) is 2.99. The Morgan fingerprint density at radius 1 is 1.00 bits per heavy atom. The molecule has 3 aromatic carbocycles. The van der Waals surface area contributed by atoms with Gasteiger partial charge in [-0.1, -0.05) is 30.7 Å². The molecule has 0 aliphatic rings. The molecule has 3 aromatic rings. The van der Waals surface area contributed by atoms with E-state index in [-0.39, 0.29) is 10.8 Å². The van der Waals surface area contributed by atoms with Crippen molar-refractivity contribution in [2.75, 3.05) is 10.0 Å². The van der Waals surface area contributed by atoms with E-state index in [0.29, 0.717) is 28.6 Å². The van der Waals surface area contributed by atoms with Crippen LogP contribution >= 0.6 is 11.6 Å². The summed E-state index contributed by atoms with van der Waals surface area (Å²) in [7, 11) is -3.76. The topological polar surface area (TPSA) is 84.5 Å². The van der Waals surface area contributed by atoms with Gasteiger partial charge in [-0.3, -0.25) is 9.52 Å². The van der Waals surface area contributed by atoms with Crippen LogP contribution in [-0.2, 0) is 14.8 Å². The summed E-state index contributed by atoms with van der Waals surface area (Å²) >= 11 is 5.87. The van der Waals surface area contributed by atoms with Crippen LogP contribution in [0.2, 0.25) is 5.02 Å². The van der Waals surface area contributed by atoms with Gasteiger partial charge in [-0.25, -0.2) is 8.42 Å². The van der Waals surface area contributed by atoms with E-state index >= 15 is 0 Å². The minimum Gasteiger partial charge on any atom is -0.481 e. The Morgan fingerprint density at radius 2 is 1.66 bits per heavy atom. The second kappa shape index (κ2) is 10.1. The normalized spacial score (nSPS) is 12.1. The molecule has 0 aromatic heterocycles. The molecule has 0 spiro atoms. The predicted molar refractivity (Wildman–Crippen MR) is 128 cm³/mol. The van der Waals surface area contributed by atoms with Gasteiger partial charge in [0.05, 0.1) is 10.6 Å². The van der Waals surface area contributed by atoms with Crippen molar-refractivity contribution >= 4 is 38.9 Å². The quantitative estimate of drug-likeness (QED) is 0.450. The van der Waals surface area contributed by atoms with Gasteiger partial charge in [0.15, 0.2) is 6.10 Å². The second-order valence-electron chi connectivity index (χ2n) is 7.41. The molecule has 32 heavy (non-hydrogen) atoms. The van der Waals surface area contributed by atoms with E-state index in [1.165, 1.54) is 12.1 Å². The van der Waals surface area contributed by atoms with Crippen LogP contribution in [-0.4, -0.2) is 20.4 Å². The highest BCUT2D eigenvalue weighted by Gasteiger charge is 2.20. The SMILES string of the molecule is CC[C@@H](Oc1ccc(Cl)cc1)C(=O)Nc1ccc(S(=O)(=O)Nc2cc(C)ccc2C)cc1. The molecule has 0 radical (unpaired) electrons. The molecule has 0 saturated carbocycles. The number of carbonyl (C=O) groups is 1. The van der Waals surface area contributed by atoms with Crippen LogP contribution in [0, 0.1) is 13.8 Å². The predicted octanol–water partition coefficient (Wildman–Crippen LogP) is 5.55. The van der Waals surface area contributed by atoms with Gasteiger partial charge in [0.2, 0.25) is 0 Å². The first kappa shape index (κ1) is 23.6. The summed E-state index contributed by atoms with van der Waals surface area (Å²) in [6.07, 6.45) is -0.244. The fourth-order valence-corrected chi connectivity index (χ4v) is 4.24. The Hall–Kier alpha value is -3.03. The highest BCUT2D eigenvalue weighted by atomic mass is 35.5. The fraction of sp³-hybridized carbons (Fsp3) is 0.208. The number of halogens is 1. The summed E-state index contributed by atoms with van der Waals surface area (Å²) < 4.78 is 33.9. The summed E-state index contributed by atoms with van der Waals surface area (Å²) in [5.41, 5.74) is 2.79. The van der Waals surface area contributed by atoms with E-state index in [9.17, 15) is 13.2 Å². The monoisotopic (exact) mass is 472 g/mol. The molecule has 0 fully saturated rings. The number of sulfonamides is 1. The van der Waals surface area contributed by atoms with Gasteiger partial charge in [-0.2, -0.15) is 0 Å². The molecule has 0 heterocycles. The third-order valence-electron chi connectivity index (χ3n) is 4.82. The first-order chi connectivity index (χ1) is 15.2. The molecule has 2 N–H and O–H groups in total. The lowest BCUT2D eigenvalue weighted by Crippen LogP contribution is -2.32. The van der Waals surface area contributed by atoms with Gasteiger partial charge in [-0.05, 0) is 86.0 Å². The molecule has 0 aliphatic heterocycles. The van der Waals surface area contributed by atoms with Crippen LogP contribution < -0.4 is 14.8 Å². The van der Waals surface area contributed by atoms with Crippen molar-refractivity contribution in [1.82, 2.24) is 0 Å². The van der Waals surface area contributed by atoms with Gasteiger partial charge >= 0.3 is 0 Å². The number of aryl methyl sites for hydroxylation is 2. The van der Waals surface area contributed by atoms with E-state index in [2.05, 4.69) is 10.0 Å². The van der Waals surface area contributed by atoms with Gasteiger partial charge in [0, 0.05) is 10.7 Å². The minimum atomic E-state index is -3.76. The molecule has 1 amide bonds. The molecule has 0 saturated heterocycles. The van der Waals surface area contributed by atoms with Crippen molar-refractivity contribution in [2.45, 2.75) is 38.2 Å². The van der Waals surface area contributed by atoms with Crippen molar-refractivity contribution in [3.63, 3.8) is 0 Å². The van der Waals surface area contributed by atoms with Crippen LogP contribution in [0.3, 0.4) is 0 Å². The first-order valence-electron chi connectivity index (χ1n) is 10.1. The van der Waals surface area contributed by atoms with Crippen LogP contribution in [0.25, 0.3) is 0 Å². The highest BCUT2D eigenvalue weighted by Crippen LogP contribution is 2.23. The third-order valence-corrected chi connectivity index (χ3v) is 6.46. The number of benzene rings is 3. The molecular weight excluding hydrogens is 448 g/mol. The summed E-state index contributed by atoms with van der Waals surface area (Å²) in [6.45, 7) is 5.58. The van der Waals surface area contributed by atoms with Gasteiger partial charge < -0.3 is 10.1 Å². The molecule has 1 atom stereocenters. The van der Waals surface area contributed by atoms with Crippen LogP contribution in [0.5, 0.6) is 5.75 Å². The number of amides is 1. The van der Waals surface area contributed by atoms with Gasteiger partial charge in [0.1, 0.15) is 5.75 Å². The van der Waals surface area contributed by atoms with E-state index in [0.717, 1.165) is 11.1 Å². The molecule has 6 nitrogen and oxygen atoms in total. The summed E-state index contributed by atoms with van der Waals surface area (Å²) in [4.78, 5) is 12.7. The van der Waals surface area contributed by atoms with Crippen molar-refractivity contribution < 1.29 is 17.9 Å². The van der Waals surface area contributed by atoms with Crippen LogP contribution in [0.4, 0.5) is 11.4 Å². The molecular formula is C24H25ClN2O4S. The van der Waals surface area contributed by atoms with Crippen molar-refractivity contribution in [2.24, 2.45) is 0 Å². The third kappa shape index (κ3) is 6.02. The number of hydrogen-bond donors (Lipinski definition) is 2. The zero-order chi connectivity index (χ0) is 23.3. The largest absolute Gasteiger partial charge is 0.481 e. The molecule has 0 aliphatic carbocycles. The molecule has 8 heteroatoms.